The van der Waals surface area contributed by atoms with Gasteiger partial charge in [0.15, 0.2) is 0 Å². The van der Waals surface area contributed by atoms with Crippen LogP contribution in [-0.4, -0.2) is 11.8 Å². The van der Waals surface area contributed by atoms with Gasteiger partial charge in [0.25, 0.3) is 11.8 Å². The Kier molecular flexibility index (Phi) is 2.67. The highest BCUT2D eigenvalue weighted by Crippen LogP contribution is 2.22. The van der Waals surface area contributed by atoms with Crippen LogP contribution in [0.25, 0.3) is 0 Å². The second kappa shape index (κ2) is 3.57. The van der Waals surface area contributed by atoms with Crippen LogP contribution in [-0.2, 0) is 6.42 Å². The summed E-state index contributed by atoms with van der Waals surface area (Å²) in [7, 11) is 0. The van der Waals surface area contributed by atoms with Gasteiger partial charge in [0, 0.05) is 0 Å². The van der Waals surface area contributed by atoms with E-state index in [1.807, 2.05) is 6.92 Å². The Labute approximate surface area is 79.5 Å². The standard InChI is InChI=1S/C8H10N2O2S/c1-2-4-3-5(7(9)11)13-6(4)8(10)12/h3H,2H2,1H3,(H2,9,11)(H2,10,12). The molecule has 4 nitrogen and oxygen atoms in total. The van der Waals surface area contributed by atoms with Crippen LogP contribution in [0.2, 0.25) is 0 Å². The Balaban J connectivity index is 3.19. The second-order valence-electron chi connectivity index (χ2n) is 2.55. The summed E-state index contributed by atoms with van der Waals surface area (Å²) in [4.78, 5) is 22.5. The van der Waals surface area contributed by atoms with Gasteiger partial charge in [-0.25, -0.2) is 0 Å². The molecule has 0 aromatic carbocycles. The summed E-state index contributed by atoms with van der Waals surface area (Å²) >= 11 is 1.05. The van der Waals surface area contributed by atoms with Gasteiger partial charge in [-0.15, -0.1) is 11.3 Å². The van der Waals surface area contributed by atoms with Crippen molar-refractivity contribution >= 4 is 23.2 Å². The molecular formula is C8H10N2O2S. The Morgan fingerprint density at radius 2 is 2.00 bits per heavy atom. The molecule has 4 N–H and O–H groups in total. The van der Waals surface area contributed by atoms with Gasteiger partial charge < -0.3 is 11.5 Å². The van der Waals surface area contributed by atoms with E-state index in [2.05, 4.69) is 0 Å². The van der Waals surface area contributed by atoms with Crippen LogP contribution < -0.4 is 11.5 Å². The minimum absolute atomic E-state index is 0.380. The van der Waals surface area contributed by atoms with Crippen molar-refractivity contribution in [1.29, 1.82) is 0 Å². The highest BCUT2D eigenvalue weighted by molar-refractivity contribution is 7.16. The molecule has 1 aromatic heterocycles. The monoisotopic (exact) mass is 198 g/mol. The number of hydrogen-bond acceptors (Lipinski definition) is 3. The summed E-state index contributed by atoms with van der Waals surface area (Å²) in [5.41, 5.74) is 11.0. The first-order valence-electron chi connectivity index (χ1n) is 3.78. The van der Waals surface area contributed by atoms with Gasteiger partial charge in [-0.05, 0) is 18.1 Å². The average molecular weight is 198 g/mol. The third kappa shape index (κ3) is 1.86. The number of hydrogen-bond donors (Lipinski definition) is 2. The minimum atomic E-state index is -0.521. The van der Waals surface area contributed by atoms with Crippen molar-refractivity contribution in [1.82, 2.24) is 0 Å². The number of rotatable bonds is 3. The number of aryl methyl sites for hydroxylation is 1. The number of nitrogens with two attached hydrogens (primary N) is 2. The van der Waals surface area contributed by atoms with Crippen molar-refractivity contribution in [3.8, 4) is 0 Å². The van der Waals surface area contributed by atoms with E-state index >= 15 is 0 Å². The van der Waals surface area contributed by atoms with Crippen molar-refractivity contribution in [2.75, 3.05) is 0 Å². The molecule has 0 atom stereocenters. The number of thiophene rings is 1. The van der Waals surface area contributed by atoms with E-state index in [1.165, 1.54) is 0 Å². The zero-order valence-electron chi connectivity index (χ0n) is 7.16. The second-order valence-corrected chi connectivity index (χ2v) is 3.60. The van der Waals surface area contributed by atoms with E-state index in [0.29, 0.717) is 16.2 Å². The third-order valence-electron chi connectivity index (χ3n) is 1.66. The zero-order chi connectivity index (χ0) is 10.0. The molecule has 0 spiro atoms. The van der Waals surface area contributed by atoms with Crippen LogP contribution in [0.1, 0.15) is 31.8 Å². The average Bonchev–Trinajstić information content (AvgIpc) is 2.47. The first-order valence-corrected chi connectivity index (χ1v) is 4.60. The SMILES string of the molecule is CCc1cc(C(N)=O)sc1C(N)=O. The van der Waals surface area contributed by atoms with E-state index < -0.39 is 11.8 Å². The van der Waals surface area contributed by atoms with Crippen molar-refractivity contribution in [3.63, 3.8) is 0 Å². The van der Waals surface area contributed by atoms with E-state index in [0.717, 1.165) is 16.9 Å². The smallest absolute Gasteiger partial charge is 0.259 e. The Morgan fingerprint density at radius 1 is 1.38 bits per heavy atom. The molecule has 0 radical (unpaired) electrons. The molecular weight excluding hydrogens is 188 g/mol. The molecule has 1 rings (SSSR count). The molecule has 70 valence electrons. The molecule has 13 heavy (non-hydrogen) atoms. The maximum Gasteiger partial charge on any atom is 0.259 e. The van der Waals surface area contributed by atoms with Crippen molar-refractivity contribution in [3.05, 3.63) is 21.4 Å². The zero-order valence-corrected chi connectivity index (χ0v) is 7.98. The molecule has 5 heteroatoms. The lowest BCUT2D eigenvalue weighted by Crippen LogP contribution is -2.10. The van der Waals surface area contributed by atoms with Crippen molar-refractivity contribution < 1.29 is 9.59 Å². The maximum atomic E-state index is 10.9. The molecule has 0 aliphatic heterocycles. The van der Waals surface area contributed by atoms with Crippen LogP contribution in [0, 0.1) is 0 Å². The highest BCUT2D eigenvalue weighted by Gasteiger charge is 2.14. The van der Waals surface area contributed by atoms with Crippen molar-refractivity contribution in [2.45, 2.75) is 13.3 Å². The molecule has 0 saturated heterocycles. The normalized spacial score (nSPS) is 9.92. The summed E-state index contributed by atoms with van der Waals surface area (Å²) in [6.45, 7) is 1.89. The van der Waals surface area contributed by atoms with Crippen molar-refractivity contribution in [2.24, 2.45) is 11.5 Å². The summed E-state index contributed by atoms with van der Waals surface area (Å²) in [6, 6.07) is 1.62. The lowest BCUT2D eigenvalue weighted by Gasteiger charge is -1.92. The Hall–Kier alpha value is -1.36. The van der Waals surface area contributed by atoms with Crippen LogP contribution in [0.4, 0.5) is 0 Å². The molecule has 2 amide bonds. The highest BCUT2D eigenvalue weighted by atomic mass is 32.1. The molecule has 0 aliphatic rings. The minimum Gasteiger partial charge on any atom is -0.365 e. The van der Waals surface area contributed by atoms with Crippen LogP contribution >= 0.6 is 11.3 Å². The van der Waals surface area contributed by atoms with Gasteiger partial charge >= 0.3 is 0 Å². The fourth-order valence-corrected chi connectivity index (χ4v) is 1.98. The number of primary amides is 2. The van der Waals surface area contributed by atoms with E-state index in [4.69, 9.17) is 11.5 Å². The number of carbonyl (C=O) groups is 2. The van der Waals surface area contributed by atoms with Gasteiger partial charge in [-0.3, -0.25) is 9.59 Å². The summed E-state index contributed by atoms with van der Waals surface area (Å²) in [5, 5.41) is 0. The fraction of sp³-hybridized carbons (Fsp3) is 0.250. The molecule has 0 unspecified atom stereocenters. The van der Waals surface area contributed by atoms with E-state index in [-0.39, 0.29) is 0 Å². The van der Waals surface area contributed by atoms with Gasteiger partial charge in [0.05, 0.1) is 9.75 Å². The first-order chi connectivity index (χ1) is 6.06. The van der Waals surface area contributed by atoms with Crippen LogP contribution in [0.15, 0.2) is 6.07 Å². The van der Waals surface area contributed by atoms with E-state index in [1.54, 1.807) is 6.07 Å². The lowest BCUT2D eigenvalue weighted by atomic mass is 10.2. The molecule has 0 aliphatic carbocycles. The Bertz CT molecular complexity index is 357. The molecule has 0 bridgehead atoms. The quantitative estimate of drug-likeness (QED) is 0.741. The maximum absolute atomic E-state index is 10.9. The molecule has 1 aromatic rings. The number of amides is 2. The van der Waals surface area contributed by atoms with E-state index in [9.17, 15) is 9.59 Å². The van der Waals surface area contributed by atoms with Gasteiger partial charge in [0.2, 0.25) is 0 Å². The summed E-state index contributed by atoms with van der Waals surface area (Å²) in [5.74, 6) is -1.03. The topological polar surface area (TPSA) is 86.2 Å². The predicted octanol–water partition coefficient (Wildman–Crippen LogP) is 0.508. The Morgan fingerprint density at radius 3 is 2.31 bits per heavy atom. The van der Waals surface area contributed by atoms with Crippen LogP contribution in [0.3, 0.4) is 0 Å². The molecule has 1 heterocycles. The fourth-order valence-electron chi connectivity index (χ4n) is 1.02. The molecule has 0 saturated carbocycles. The summed E-state index contributed by atoms with van der Waals surface area (Å²) < 4.78 is 0. The molecule has 0 fully saturated rings. The first kappa shape index (κ1) is 9.73. The predicted molar refractivity (Wildman–Crippen MR) is 50.7 cm³/mol. The van der Waals surface area contributed by atoms with Crippen LogP contribution in [0.5, 0.6) is 0 Å². The van der Waals surface area contributed by atoms with Gasteiger partial charge in [0.1, 0.15) is 0 Å². The largest absolute Gasteiger partial charge is 0.365 e. The third-order valence-corrected chi connectivity index (χ3v) is 2.86. The summed E-state index contributed by atoms with van der Waals surface area (Å²) in [6.07, 6.45) is 0.669. The number of carbonyl (C=O) groups excluding carboxylic acids is 2. The van der Waals surface area contributed by atoms with Gasteiger partial charge in [-0.1, -0.05) is 6.92 Å². The van der Waals surface area contributed by atoms with Gasteiger partial charge in [-0.2, -0.15) is 0 Å². The lowest BCUT2D eigenvalue weighted by molar-refractivity contribution is 0.0996.